The number of aromatic nitrogens is 5. The van der Waals surface area contributed by atoms with Gasteiger partial charge < -0.3 is 5.32 Å². The molecule has 262 valence electrons. The summed E-state index contributed by atoms with van der Waals surface area (Å²) in [5.41, 5.74) is -1.51. The summed E-state index contributed by atoms with van der Waals surface area (Å²) in [5, 5.41) is 10.7. The summed E-state index contributed by atoms with van der Waals surface area (Å²) in [6.45, 7) is -1.01. The zero-order chi connectivity index (χ0) is 35.9. The molecule has 50 heavy (non-hydrogen) atoms. The molecule has 3 atom stereocenters. The molecule has 0 aliphatic heterocycles. The van der Waals surface area contributed by atoms with Crippen LogP contribution >= 0.6 is 0 Å². The summed E-state index contributed by atoms with van der Waals surface area (Å²) in [6, 6.07) is 9.62. The van der Waals surface area contributed by atoms with Crippen LogP contribution in [0.3, 0.4) is 0 Å². The maximum absolute atomic E-state index is 15.2. The first-order valence-corrected chi connectivity index (χ1v) is 17.0. The van der Waals surface area contributed by atoms with E-state index in [9.17, 15) is 35.2 Å². The third-order valence-corrected chi connectivity index (χ3v) is 9.36. The summed E-state index contributed by atoms with van der Waals surface area (Å²) < 4.78 is 129. The Bertz CT molecular complexity index is 2280. The molecule has 18 heteroatoms. The second-order valence-electron chi connectivity index (χ2n) is 12.4. The van der Waals surface area contributed by atoms with E-state index in [4.69, 9.17) is 0 Å². The molecular weight excluding hydrogens is 695 g/mol. The van der Waals surface area contributed by atoms with E-state index in [0.29, 0.717) is 32.8 Å². The minimum atomic E-state index is -5.03. The first-order chi connectivity index (χ1) is 23.4. The van der Waals surface area contributed by atoms with Crippen molar-refractivity contribution in [3.63, 3.8) is 0 Å². The molecule has 1 amide bonds. The van der Waals surface area contributed by atoms with Gasteiger partial charge in [-0.1, -0.05) is 18.2 Å². The van der Waals surface area contributed by atoms with E-state index in [1.54, 1.807) is 37.4 Å². The fourth-order valence-electron chi connectivity index (χ4n) is 6.88. The van der Waals surface area contributed by atoms with Gasteiger partial charge in [0.25, 0.3) is 5.92 Å². The van der Waals surface area contributed by atoms with E-state index < -0.39 is 81.0 Å². The zero-order valence-corrected chi connectivity index (χ0v) is 26.9. The Morgan fingerprint density at radius 2 is 1.76 bits per heavy atom. The maximum atomic E-state index is 15.2. The van der Waals surface area contributed by atoms with E-state index in [0.717, 1.165) is 18.4 Å². The first kappa shape index (κ1) is 33.5. The molecule has 0 unspecified atom stereocenters. The zero-order valence-electron chi connectivity index (χ0n) is 26.1. The van der Waals surface area contributed by atoms with Crippen LogP contribution in [0.15, 0.2) is 54.7 Å². The highest BCUT2D eigenvalue weighted by atomic mass is 32.2. The van der Waals surface area contributed by atoms with E-state index >= 15 is 8.78 Å². The predicted octanol–water partition coefficient (Wildman–Crippen LogP) is 5.81. The summed E-state index contributed by atoms with van der Waals surface area (Å²) >= 11 is 0. The second kappa shape index (κ2) is 11.5. The van der Waals surface area contributed by atoms with Crippen LogP contribution in [-0.2, 0) is 46.9 Å². The Morgan fingerprint density at radius 1 is 1.06 bits per heavy atom. The monoisotopic (exact) mass is 721 g/mol. The average Bonchev–Trinajstić information content (AvgIpc) is 3.55. The van der Waals surface area contributed by atoms with Gasteiger partial charge in [-0.3, -0.25) is 23.9 Å². The maximum Gasteiger partial charge on any atom is 0.435 e. The molecule has 0 saturated heterocycles. The molecule has 2 N–H and O–H groups in total. The summed E-state index contributed by atoms with van der Waals surface area (Å²) in [5.74, 6) is -8.75. The lowest BCUT2D eigenvalue weighted by atomic mass is 9.94. The van der Waals surface area contributed by atoms with Crippen molar-refractivity contribution < 1.29 is 43.9 Å². The number of sulfonamides is 1. The average molecular weight is 722 g/mol. The molecule has 3 heterocycles. The van der Waals surface area contributed by atoms with Crippen molar-refractivity contribution in [3.8, 4) is 11.1 Å². The fraction of sp³-hybridized carbons (Fsp3) is 0.312. The molecule has 2 aliphatic carbocycles. The normalized spacial score (nSPS) is 18.5. The van der Waals surface area contributed by atoms with E-state index in [2.05, 4.69) is 25.2 Å². The van der Waals surface area contributed by atoms with Crippen LogP contribution < -0.4 is 10.0 Å². The number of hydrogen-bond donors (Lipinski definition) is 2. The Kier molecular flexibility index (Phi) is 7.72. The number of carbonyl (C=O) groups excluding carboxylic acids is 1. The molecule has 3 aromatic heterocycles. The molecule has 2 aromatic carbocycles. The van der Waals surface area contributed by atoms with Crippen LogP contribution in [0.5, 0.6) is 0 Å². The van der Waals surface area contributed by atoms with Gasteiger partial charge >= 0.3 is 6.18 Å². The standard InChI is InChI=1S/C32H26F7N7O3S/c1-45-27-19(5-3-6-20(27)30(43-45)44-50(2,48)49)18-7-4-8-40-26(18)23(11-15-9-16(33)12-17(34)10-15)41-24(47)14-46-29-25(28(42-46)32(37,38)39)21-13-22(21)31(29,35)36/h3-10,12,21-23H,11,13-14H2,1-2H3,(H,41,47)(H,43,44)/t21-,22+,23-/m0/s1. The van der Waals surface area contributed by atoms with Gasteiger partial charge in [-0.05, 0) is 48.6 Å². The van der Waals surface area contributed by atoms with Gasteiger partial charge in [0.1, 0.15) is 23.9 Å². The molecule has 0 bridgehead atoms. The Hall–Kier alpha value is -5.00. The number of fused-ring (bicyclic) bond motifs is 4. The molecule has 5 aromatic rings. The van der Waals surface area contributed by atoms with Crippen LogP contribution in [0.2, 0.25) is 0 Å². The van der Waals surface area contributed by atoms with Crippen LogP contribution in [0.1, 0.15) is 46.6 Å². The topological polar surface area (TPSA) is 124 Å². The van der Waals surface area contributed by atoms with Gasteiger partial charge in [-0.25, -0.2) is 17.2 Å². The smallest absolute Gasteiger partial charge is 0.346 e. The number of benzene rings is 2. The van der Waals surface area contributed by atoms with Gasteiger partial charge in [0, 0.05) is 47.3 Å². The van der Waals surface area contributed by atoms with Crippen molar-refractivity contribution in [1.82, 2.24) is 29.9 Å². The number of aryl methyl sites for hydroxylation is 1. The minimum Gasteiger partial charge on any atom is -0.346 e. The number of hydrogen-bond acceptors (Lipinski definition) is 6. The van der Waals surface area contributed by atoms with Gasteiger partial charge in [0.2, 0.25) is 15.9 Å². The van der Waals surface area contributed by atoms with E-state index in [1.165, 1.54) is 10.9 Å². The number of carbonyl (C=O) groups is 1. The van der Waals surface area contributed by atoms with Crippen LogP contribution in [0.25, 0.3) is 22.0 Å². The SMILES string of the molecule is Cn1nc(NS(C)(=O)=O)c2cccc(-c3cccnc3[C@H](Cc3cc(F)cc(F)c3)NC(=O)Cn3nc(C(F)(F)F)c4c3C(F)(F)[C@@H]3C[C@H]43)c21. The lowest BCUT2D eigenvalue weighted by molar-refractivity contribution is -0.142. The Labute approximate surface area is 279 Å². The summed E-state index contributed by atoms with van der Waals surface area (Å²) in [7, 11) is -2.15. The third kappa shape index (κ3) is 5.94. The number of rotatable bonds is 9. The van der Waals surface area contributed by atoms with Crippen molar-refractivity contribution >= 4 is 32.7 Å². The lowest BCUT2D eigenvalue weighted by Gasteiger charge is -2.22. The number of nitrogens with one attached hydrogen (secondary N) is 2. The molecular formula is C32H26F7N7O3S. The lowest BCUT2D eigenvalue weighted by Crippen LogP contribution is -2.35. The van der Waals surface area contributed by atoms with Gasteiger partial charge in [0.05, 0.1) is 23.5 Å². The number of para-hydroxylation sites is 1. The molecule has 1 saturated carbocycles. The summed E-state index contributed by atoms with van der Waals surface area (Å²) in [4.78, 5) is 18.0. The number of pyridine rings is 1. The fourth-order valence-corrected chi connectivity index (χ4v) is 7.38. The van der Waals surface area contributed by atoms with Crippen molar-refractivity contribution in [1.29, 1.82) is 0 Å². The molecule has 2 aliphatic rings. The minimum absolute atomic E-state index is 0.0387. The van der Waals surface area contributed by atoms with Gasteiger partial charge in [0.15, 0.2) is 11.5 Å². The van der Waals surface area contributed by atoms with Crippen LogP contribution in [-0.4, -0.2) is 45.1 Å². The number of nitrogens with zero attached hydrogens (tertiary/aromatic N) is 5. The highest BCUT2D eigenvalue weighted by Crippen LogP contribution is 2.68. The molecule has 0 radical (unpaired) electrons. The molecule has 0 spiro atoms. The van der Waals surface area contributed by atoms with Gasteiger partial charge in [-0.15, -0.1) is 0 Å². The van der Waals surface area contributed by atoms with E-state index in [1.807, 2.05) is 0 Å². The summed E-state index contributed by atoms with van der Waals surface area (Å²) in [6.07, 6.45) is -3.09. The van der Waals surface area contributed by atoms with Crippen LogP contribution in [0.4, 0.5) is 36.6 Å². The number of anilines is 1. The highest BCUT2D eigenvalue weighted by molar-refractivity contribution is 7.92. The van der Waals surface area contributed by atoms with Crippen molar-refractivity contribution in [3.05, 3.63) is 94.6 Å². The Morgan fingerprint density at radius 3 is 2.44 bits per heavy atom. The second-order valence-corrected chi connectivity index (χ2v) is 14.2. The molecule has 1 fully saturated rings. The number of halogens is 7. The van der Waals surface area contributed by atoms with Crippen molar-refractivity contribution in [2.24, 2.45) is 13.0 Å². The quantitative estimate of drug-likeness (QED) is 0.185. The molecule has 10 nitrogen and oxygen atoms in total. The Balaban J connectivity index is 1.30. The van der Waals surface area contributed by atoms with Crippen LogP contribution in [0, 0.1) is 17.6 Å². The largest absolute Gasteiger partial charge is 0.435 e. The number of amides is 1. The first-order valence-electron chi connectivity index (χ1n) is 15.1. The van der Waals surface area contributed by atoms with Crippen molar-refractivity contribution in [2.75, 3.05) is 11.0 Å². The number of alkyl halides is 5. The van der Waals surface area contributed by atoms with E-state index in [-0.39, 0.29) is 29.9 Å². The third-order valence-electron chi connectivity index (χ3n) is 8.80. The molecule has 7 rings (SSSR count). The predicted molar refractivity (Wildman–Crippen MR) is 165 cm³/mol. The highest BCUT2D eigenvalue weighted by Gasteiger charge is 2.68. The van der Waals surface area contributed by atoms with Gasteiger partial charge in [-0.2, -0.15) is 32.1 Å². The van der Waals surface area contributed by atoms with Crippen molar-refractivity contribution in [2.45, 2.75) is 43.4 Å².